The van der Waals surface area contributed by atoms with Gasteiger partial charge in [0.2, 0.25) is 17.5 Å². The average molecular weight is 504 g/mol. The first-order valence-electron chi connectivity index (χ1n) is 10.8. The van der Waals surface area contributed by atoms with E-state index in [-0.39, 0.29) is 33.8 Å². The van der Waals surface area contributed by atoms with Crippen LogP contribution in [0.5, 0.6) is 23.0 Å². The lowest BCUT2D eigenvalue weighted by Gasteiger charge is -2.39. The standard InChI is InChI=1S/C24H24O12/c1-10(26)33-12-5-3-11(4-6-12)22-23(36-24-21(31)20(30)18(28)16(9-25)35-24)19(29)17-14(27)7-13(32-2)8-15(17)34-22/h3-8,16,18,20-21,24-25,27-28,30-31H,9H2,1-2H3. The molecular formula is C24H24O12. The van der Waals surface area contributed by atoms with Crippen molar-refractivity contribution in [3.05, 3.63) is 46.6 Å². The number of hydrogen-bond donors (Lipinski definition) is 5. The maximum Gasteiger partial charge on any atom is 0.308 e. The number of benzene rings is 2. The van der Waals surface area contributed by atoms with E-state index in [1.54, 1.807) is 0 Å². The third kappa shape index (κ3) is 4.72. The molecule has 0 amide bonds. The molecule has 0 radical (unpaired) electrons. The molecule has 5 N–H and O–H groups in total. The zero-order valence-electron chi connectivity index (χ0n) is 19.2. The van der Waals surface area contributed by atoms with Gasteiger partial charge in [0.05, 0.1) is 13.7 Å². The summed E-state index contributed by atoms with van der Waals surface area (Å²) in [5.41, 5.74) is -0.601. The quantitative estimate of drug-likeness (QED) is 0.228. The summed E-state index contributed by atoms with van der Waals surface area (Å²) in [5.74, 6) is -1.20. The fraction of sp³-hybridized carbons (Fsp3) is 0.333. The summed E-state index contributed by atoms with van der Waals surface area (Å²) in [5, 5.41) is 50.2. The van der Waals surface area contributed by atoms with Crippen molar-refractivity contribution < 1.29 is 53.7 Å². The first-order chi connectivity index (χ1) is 17.1. The predicted octanol–water partition coefficient (Wildman–Crippen LogP) is 0.278. The van der Waals surface area contributed by atoms with E-state index >= 15 is 0 Å². The minimum atomic E-state index is -1.80. The van der Waals surface area contributed by atoms with E-state index in [9.17, 15) is 35.1 Å². The number of methoxy groups -OCH3 is 1. The van der Waals surface area contributed by atoms with Gasteiger partial charge in [-0.1, -0.05) is 0 Å². The van der Waals surface area contributed by atoms with Gasteiger partial charge in [-0.15, -0.1) is 0 Å². The van der Waals surface area contributed by atoms with Crippen molar-refractivity contribution in [2.45, 2.75) is 37.6 Å². The summed E-state index contributed by atoms with van der Waals surface area (Å²) >= 11 is 0. The third-order valence-electron chi connectivity index (χ3n) is 5.60. The lowest BCUT2D eigenvalue weighted by Crippen LogP contribution is -2.60. The average Bonchev–Trinajstić information content (AvgIpc) is 2.85. The van der Waals surface area contributed by atoms with Gasteiger partial charge in [-0.2, -0.15) is 0 Å². The molecule has 12 heteroatoms. The van der Waals surface area contributed by atoms with Gasteiger partial charge in [0.15, 0.2) is 5.76 Å². The van der Waals surface area contributed by atoms with Crippen LogP contribution < -0.4 is 19.6 Å². The van der Waals surface area contributed by atoms with Crippen LogP contribution in [0.15, 0.2) is 45.6 Å². The Labute approximate surface area is 203 Å². The second kappa shape index (κ2) is 10.1. The van der Waals surface area contributed by atoms with E-state index < -0.39 is 60.2 Å². The van der Waals surface area contributed by atoms with Gasteiger partial charge in [0, 0.05) is 24.6 Å². The van der Waals surface area contributed by atoms with Gasteiger partial charge in [0.25, 0.3) is 0 Å². The summed E-state index contributed by atoms with van der Waals surface area (Å²) in [6, 6.07) is 8.42. The number of esters is 1. The molecule has 1 aliphatic rings. The number of rotatable bonds is 6. The number of phenolic OH excluding ortho intramolecular Hbond substituents is 1. The number of fused-ring (bicyclic) bond motifs is 1. The van der Waals surface area contributed by atoms with Crippen molar-refractivity contribution in [3.8, 4) is 34.3 Å². The van der Waals surface area contributed by atoms with Crippen LogP contribution in [-0.4, -0.2) is 75.9 Å². The van der Waals surface area contributed by atoms with Crippen LogP contribution in [0.25, 0.3) is 22.3 Å². The number of ether oxygens (including phenoxy) is 4. The SMILES string of the molecule is COc1cc(O)c2c(=O)c(OC3OC(CO)C(O)C(O)C3O)c(-c3ccc(OC(C)=O)cc3)oc2c1. The monoisotopic (exact) mass is 504 g/mol. The molecule has 1 aliphatic heterocycles. The molecule has 1 fully saturated rings. The van der Waals surface area contributed by atoms with Gasteiger partial charge in [-0.3, -0.25) is 9.59 Å². The van der Waals surface area contributed by atoms with Gasteiger partial charge in [-0.25, -0.2) is 0 Å². The van der Waals surface area contributed by atoms with E-state index in [2.05, 4.69) is 0 Å². The van der Waals surface area contributed by atoms with E-state index in [1.165, 1.54) is 50.4 Å². The Balaban J connectivity index is 1.86. The molecule has 12 nitrogen and oxygen atoms in total. The second-order valence-corrected chi connectivity index (χ2v) is 8.04. The number of aliphatic hydroxyl groups is 4. The molecule has 0 aliphatic carbocycles. The first-order valence-corrected chi connectivity index (χ1v) is 10.8. The molecule has 0 spiro atoms. The maximum atomic E-state index is 13.5. The Morgan fingerprint density at radius 2 is 1.72 bits per heavy atom. The fourth-order valence-electron chi connectivity index (χ4n) is 3.79. The fourth-order valence-corrected chi connectivity index (χ4v) is 3.79. The molecule has 5 unspecified atom stereocenters. The Bertz CT molecular complexity index is 1310. The Kier molecular flexibility index (Phi) is 7.15. The van der Waals surface area contributed by atoms with Crippen LogP contribution in [0.3, 0.4) is 0 Å². The number of aromatic hydroxyl groups is 1. The van der Waals surface area contributed by atoms with E-state index in [4.69, 9.17) is 23.4 Å². The molecule has 2 aromatic carbocycles. The minimum absolute atomic E-state index is 0.0444. The molecule has 36 heavy (non-hydrogen) atoms. The van der Waals surface area contributed by atoms with Crippen LogP contribution in [0.4, 0.5) is 0 Å². The molecule has 0 bridgehead atoms. The summed E-state index contributed by atoms with van der Waals surface area (Å²) in [7, 11) is 1.37. The lowest BCUT2D eigenvalue weighted by molar-refractivity contribution is -0.277. The highest BCUT2D eigenvalue weighted by Crippen LogP contribution is 2.37. The second-order valence-electron chi connectivity index (χ2n) is 8.04. The Morgan fingerprint density at radius 1 is 1.03 bits per heavy atom. The molecule has 192 valence electrons. The molecule has 2 heterocycles. The van der Waals surface area contributed by atoms with Crippen LogP contribution in [0.2, 0.25) is 0 Å². The Hall–Kier alpha value is -3.68. The summed E-state index contributed by atoms with van der Waals surface area (Å²) in [6.45, 7) is 0.533. The molecule has 0 saturated carbocycles. The van der Waals surface area contributed by atoms with E-state index in [1.807, 2.05) is 0 Å². The zero-order chi connectivity index (χ0) is 26.1. The lowest BCUT2D eigenvalue weighted by atomic mass is 9.99. The maximum absolute atomic E-state index is 13.5. The normalized spacial score (nSPS) is 23.9. The number of carbonyl (C=O) groups excluding carboxylic acids is 1. The molecule has 3 aromatic rings. The first kappa shape index (κ1) is 25.4. The number of carbonyl (C=O) groups is 1. The molecule has 1 aromatic heterocycles. The van der Waals surface area contributed by atoms with Crippen molar-refractivity contribution in [2.24, 2.45) is 0 Å². The minimum Gasteiger partial charge on any atom is -0.507 e. The van der Waals surface area contributed by atoms with Crippen molar-refractivity contribution in [1.82, 2.24) is 0 Å². The topological polar surface area (TPSA) is 185 Å². The van der Waals surface area contributed by atoms with Crippen LogP contribution in [0.1, 0.15) is 6.92 Å². The van der Waals surface area contributed by atoms with Crippen LogP contribution in [-0.2, 0) is 9.53 Å². The number of hydrogen-bond acceptors (Lipinski definition) is 12. The van der Waals surface area contributed by atoms with Crippen molar-refractivity contribution in [3.63, 3.8) is 0 Å². The highest BCUT2D eigenvalue weighted by atomic mass is 16.7. The highest BCUT2D eigenvalue weighted by molar-refractivity contribution is 5.88. The molecule has 4 rings (SSSR count). The van der Waals surface area contributed by atoms with Crippen LogP contribution in [0, 0.1) is 0 Å². The smallest absolute Gasteiger partial charge is 0.308 e. The summed E-state index contributed by atoms with van der Waals surface area (Å²) < 4.78 is 27.1. The molecule has 1 saturated heterocycles. The van der Waals surface area contributed by atoms with Gasteiger partial charge >= 0.3 is 5.97 Å². The summed E-state index contributed by atoms with van der Waals surface area (Å²) in [6.07, 6.45) is -8.17. The van der Waals surface area contributed by atoms with Gasteiger partial charge in [0.1, 0.15) is 52.6 Å². The van der Waals surface area contributed by atoms with Crippen molar-refractivity contribution in [2.75, 3.05) is 13.7 Å². The van der Waals surface area contributed by atoms with Crippen molar-refractivity contribution >= 4 is 16.9 Å². The zero-order valence-corrected chi connectivity index (χ0v) is 19.2. The highest BCUT2D eigenvalue weighted by Gasteiger charge is 2.45. The molecular weight excluding hydrogens is 480 g/mol. The number of aliphatic hydroxyl groups excluding tert-OH is 4. The number of phenols is 1. The largest absolute Gasteiger partial charge is 0.507 e. The molecule has 5 atom stereocenters. The van der Waals surface area contributed by atoms with E-state index in [0.29, 0.717) is 0 Å². The van der Waals surface area contributed by atoms with Gasteiger partial charge < -0.3 is 48.9 Å². The van der Waals surface area contributed by atoms with Crippen LogP contribution >= 0.6 is 0 Å². The van der Waals surface area contributed by atoms with Gasteiger partial charge in [-0.05, 0) is 24.3 Å². The summed E-state index contributed by atoms with van der Waals surface area (Å²) in [4.78, 5) is 24.7. The predicted molar refractivity (Wildman–Crippen MR) is 122 cm³/mol. The third-order valence-corrected chi connectivity index (χ3v) is 5.60. The Morgan fingerprint density at radius 3 is 2.33 bits per heavy atom. The van der Waals surface area contributed by atoms with E-state index in [0.717, 1.165) is 0 Å². The van der Waals surface area contributed by atoms with Crippen molar-refractivity contribution in [1.29, 1.82) is 0 Å².